The molecule has 98 valence electrons. The van der Waals surface area contributed by atoms with E-state index in [1.54, 1.807) is 6.92 Å². The van der Waals surface area contributed by atoms with Gasteiger partial charge in [0.15, 0.2) is 0 Å². The normalized spacial score (nSPS) is 10.2. The van der Waals surface area contributed by atoms with Crippen LogP contribution in [-0.4, -0.2) is 4.92 Å². The first-order chi connectivity index (χ1) is 9.08. The molecule has 0 aromatic heterocycles. The lowest BCUT2D eigenvalue weighted by molar-refractivity contribution is -0.384. The number of nitro groups is 1. The molecule has 5 heteroatoms. The second-order valence-corrected chi connectivity index (χ2v) is 4.21. The van der Waals surface area contributed by atoms with Crippen LogP contribution >= 0.6 is 0 Å². The van der Waals surface area contributed by atoms with Gasteiger partial charge in [0.2, 0.25) is 0 Å². The van der Waals surface area contributed by atoms with Crippen LogP contribution in [0.2, 0.25) is 0 Å². The van der Waals surface area contributed by atoms with Gasteiger partial charge in [-0.25, -0.2) is 4.39 Å². The average molecular weight is 260 g/mol. The minimum atomic E-state index is -0.587. The van der Waals surface area contributed by atoms with E-state index < -0.39 is 10.7 Å². The molecule has 0 atom stereocenters. The van der Waals surface area contributed by atoms with Crippen LogP contribution in [0, 0.1) is 22.9 Å². The van der Waals surface area contributed by atoms with Crippen LogP contribution in [0.1, 0.15) is 11.1 Å². The highest BCUT2D eigenvalue weighted by Gasteiger charge is 2.16. The summed E-state index contributed by atoms with van der Waals surface area (Å²) < 4.78 is 13.4. The van der Waals surface area contributed by atoms with Gasteiger partial charge in [-0.2, -0.15) is 0 Å². The van der Waals surface area contributed by atoms with Gasteiger partial charge in [0.1, 0.15) is 11.5 Å². The molecule has 0 saturated carbocycles. The summed E-state index contributed by atoms with van der Waals surface area (Å²) in [6.45, 7) is 2.03. The fourth-order valence-corrected chi connectivity index (χ4v) is 1.76. The lowest BCUT2D eigenvalue weighted by Gasteiger charge is -2.08. The van der Waals surface area contributed by atoms with Gasteiger partial charge < -0.3 is 5.32 Å². The molecule has 4 nitrogen and oxygen atoms in total. The van der Waals surface area contributed by atoms with Gasteiger partial charge in [-0.15, -0.1) is 0 Å². The van der Waals surface area contributed by atoms with E-state index in [0.717, 1.165) is 11.6 Å². The second kappa shape index (κ2) is 5.48. The Hall–Kier alpha value is -2.43. The van der Waals surface area contributed by atoms with Crippen molar-refractivity contribution in [2.45, 2.75) is 13.5 Å². The molecular weight excluding hydrogens is 247 g/mol. The summed E-state index contributed by atoms with van der Waals surface area (Å²) in [5.41, 5.74) is 1.45. The number of hydrogen-bond acceptors (Lipinski definition) is 3. The van der Waals surface area contributed by atoms with Crippen molar-refractivity contribution in [2.75, 3.05) is 5.32 Å². The topological polar surface area (TPSA) is 55.2 Å². The van der Waals surface area contributed by atoms with Crippen LogP contribution in [0.25, 0.3) is 0 Å². The Morgan fingerprint density at radius 1 is 1.26 bits per heavy atom. The van der Waals surface area contributed by atoms with Crippen molar-refractivity contribution < 1.29 is 9.31 Å². The standard InChI is InChI=1S/C14H13FN2O2/c1-10-7-13(14(17(18)19)8-12(10)15)16-9-11-5-3-2-4-6-11/h2-8,16H,9H2,1H3. The molecule has 1 N–H and O–H groups in total. The van der Waals surface area contributed by atoms with Crippen molar-refractivity contribution in [3.05, 3.63) is 69.5 Å². The van der Waals surface area contributed by atoms with E-state index in [2.05, 4.69) is 5.32 Å². The first kappa shape index (κ1) is 13.0. The highest BCUT2D eigenvalue weighted by molar-refractivity contribution is 5.63. The van der Waals surface area contributed by atoms with Gasteiger partial charge in [-0.3, -0.25) is 10.1 Å². The van der Waals surface area contributed by atoms with E-state index in [9.17, 15) is 14.5 Å². The Morgan fingerprint density at radius 3 is 2.58 bits per heavy atom. The molecule has 0 aliphatic heterocycles. The third-order valence-corrected chi connectivity index (χ3v) is 2.80. The zero-order valence-electron chi connectivity index (χ0n) is 10.4. The molecule has 0 aliphatic carbocycles. The summed E-state index contributed by atoms with van der Waals surface area (Å²) in [5, 5.41) is 13.9. The van der Waals surface area contributed by atoms with E-state index >= 15 is 0 Å². The number of hydrogen-bond donors (Lipinski definition) is 1. The Bertz CT molecular complexity index is 600. The number of nitro benzene ring substituents is 1. The fourth-order valence-electron chi connectivity index (χ4n) is 1.76. The number of rotatable bonds is 4. The van der Waals surface area contributed by atoms with E-state index in [1.165, 1.54) is 6.07 Å². The van der Waals surface area contributed by atoms with Crippen LogP contribution in [0.5, 0.6) is 0 Å². The molecule has 0 heterocycles. The van der Waals surface area contributed by atoms with Crippen molar-refractivity contribution in [2.24, 2.45) is 0 Å². The number of aryl methyl sites for hydroxylation is 1. The fraction of sp³-hybridized carbons (Fsp3) is 0.143. The first-order valence-corrected chi connectivity index (χ1v) is 5.80. The first-order valence-electron chi connectivity index (χ1n) is 5.80. The summed E-state index contributed by atoms with van der Waals surface area (Å²) in [7, 11) is 0. The van der Waals surface area contributed by atoms with Crippen LogP contribution < -0.4 is 5.32 Å². The van der Waals surface area contributed by atoms with Crippen molar-refractivity contribution in [3.8, 4) is 0 Å². The van der Waals surface area contributed by atoms with Gasteiger partial charge in [0.25, 0.3) is 5.69 Å². The minimum Gasteiger partial charge on any atom is -0.375 e. The maximum atomic E-state index is 13.4. The number of benzene rings is 2. The molecule has 0 spiro atoms. The lowest BCUT2D eigenvalue weighted by atomic mass is 10.1. The zero-order valence-corrected chi connectivity index (χ0v) is 10.4. The molecular formula is C14H13FN2O2. The molecule has 2 rings (SSSR count). The maximum Gasteiger partial charge on any atom is 0.295 e. The lowest BCUT2D eigenvalue weighted by Crippen LogP contribution is -2.03. The summed E-state index contributed by atoms with van der Waals surface area (Å²) >= 11 is 0. The molecule has 2 aromatic rings. The van der Waals surface area contributed by atoms with Gasteiger partial charge in [0, 0.05) is 6.54 Å². The highest BCUT2D eigenvalue weighted by Crippen LogP contribution is 2.27. The third kappa shape index (κ3) is 3.07. The van der Waals surface area contributed by atoms with E-state index in [1.807, 2.05) is 30.3 Å². The largest absolute Gasteiger partial charge is 0.375 e. The van der Waals surface area contributed by atoms with Crippen molar-refractivity contribution in [1.82, 2.24) is 0 Å². The van der Waals surface area contributed by atoms with Crippen LogP contribution in [0.15, 0.2) is 42.5 Å². The Kier molecular flexibility index (Phi) is 3.75. The van der Waals surface area contributed by atoms with E-state index in [0.29, 0.717) is 17.8 Å². The zero-order chi connectivity index (χ0) is 13.8. The summed E-state index contributed by atoms with van der Waals surface area (Å²) in [6.07, 6.45) is 0. The molecule has 0 aliphatic rings. The minimum absolute atomic E-state index is 0.251. The Balaban J connectivity index is 2.24. The van der Waals surface area contributed by atoms with Crippen molar-refractivity contribution in [1.29, 1.82) is 0 Å². The van der Waals surface area contributed by atoms with Gasteiger partial charge in [-0.1, -0.05) is 30.3 Å². The Morgan fingerprint density at radius 2 is 1.95 bits per heavy atom. The van der Waals surface area contributed by atoms with E-state index in [4.69, 9.17) is 0 Å². The van der Waals surface area contributed by atoms with Gasteiger partial charge >= 0.3 is 0 Å². The molecule has 0 saturated heterocycles. The monoisotopic (exact) mass is 260 g/mol. The summed E-state index contributed by atoms with van der Waals surface area (Å²) in [4.78, 5) is 10.3. The molecule has 0 fully saturated rings. The SMILES string of the molecule is Cc1cc(NCc2ccccc2)c([N+](=O)[O-])cc1F. The number of anilines is 1. The Labute approximate surface area is 110 Å². The number of nitrogens with one attached hydrogen (secondary N) is 1. The number of nitrogens with zero attached hydrogens (tertiary/aromatic N) is 1. The smallest absolute Gasteiger partial charge is 0.295 e. The maximum absolute atomic E-state index is 13.4. The predicted molar refractivity (Wildman–Crippen MR) is 71.6 cm³/mol. The summed E-state index contributed by atoms with van der Waals surface area (Å²) in [6, 6.07) is 11.9. The highest BCUT2D eigenvalue weighted by atomic mass is 19.1. The average Bonchev–Trinajstić information content (AvgIpc) is 2.40. The molecule has 0 unspecified atom stereocenters. The van der Waals surface area contributed by atoms with Crippen LogP contribution in [0.4, 0.5) is 15.8 Å². The summed E-state index contributed by atoms with van der Waals surface area (Å²) in [5.74, 6) is -0.572. The second-order valence-electron chi connectivity index (χ2n) is 4.21. The number of halogens is 1. The van der Waals surface area contributed by atoms with Gasteiger partial charge in [-0.05, 0) is 24.1 Å². The molecule has 19 heavy (non-hydrogen) atoms. The van der Waals surface area contributed by atoms with Crippen LogP contribution in [0.3, 0.4) is 0 Å². The van der Waals surface area contributed by atoms with E-state index in [-0.39, 0.29) is 5.69 Å². The molecule has 0 amide bonds. The molecule has 0 radical (unpaired) electrons. The quantitative estimate of drug-likeness (QED) is 0.674. The third-order valence-electron chi connectivity index (χ3n) is 2.80. The van der Waals surface area contributed by atoms with Crippen molar-refractivity contribution >= 4 is 11.4 Å². The molecule has 2 aromatic carbocycles. The predicted octanol–water partition coefficient (Wildman–Crippen LogP) is 3.65. The van der Waals surface area contributed by atoms with Crippen LogP contribution in [-0.2, 0) is 6.54 Å². The van der Waals surface area contributed by atoms with Gasteiger partial charge in [0.05, 0.1) is 11.0 Å². The van der Waals surface area contributed by atoms with Crippen molar-refractivity contribution in [3.63, 3.8) is 0 Å². The molecule has 0 bridgehead atoms.